The van der Waals surface area contributed by atoms with E-state index in [1.165, 1.54) is 10.7 Å². The average Bonchev–Trinajstić information content (AvgIpc) is 2.07. The molecule has 6 heteroatoms. The number of hydrogen-bond acceptors (Lipinski definition) is 3. The van der Waals surface area contributed by atoms with Crippen LogP contribution in [0.25, 0.3) is 0 Å². The van der Waals surface area contributed by atoms with Crippen molar-refractivity contribution in [3.8, 4) is 0 Å². The number of aryl methyl sites for hydroxylation is 1. The molecule has 0 atom stereocenters. The number of guanidine groups is 1. The number of rotatable bonds is 2. The quantitative estimate of drug-likeness (QED) is 0.431. The second kappa shape index (κ2) is 3.70. The maximum absolute atomic E-state index is 10.9. The molecule has 0 saturated heterocycles. The van der Waals surface area contributed by atoms with Gasteiger partial charge in [0.25, 0.3) is 5.56 Å². The van der Waals surface area contributed by atoms with E-state index in [1.54, 1.807) is 13.1 Å². The lowest BCUT2D eigenvalue weighted by Gasteiger charge is -1.98. The molecule has 1 heterocycles. The monoisotopic (exact) mass is 181 g/mol. The Hall–Kier alpha value is -1.85. The summed E-state index contributed by atoms with van der Waals surface area (Å²) in [6.07, 6.45) is 0. The summed E-state index contributed by atoms with van der Waals surface area (Å²) in [7, 11) is 1.57. The zero-order chi connectivity index (χ0) is 9.84. The van der Waals surface area contributed by atoms with Crippen LogP contribution < -0.4 is 17.0 Å². The smallest absolute Gasteiger partial charge is 0.266 e. The minimum absolute atomic E-state index is 0.00986. The molecular formula is C7H11N5O. The van der Waals surface area contributed by atoms with Gasteiger partial charge in [0.1, 0.15) is 0 Å². The number of aromatic nitrogens is 2. The largest absolute Gasteiger partial charge is 0.370 e. The maximum atomic E-state index is 10.9. The molecule has 0 amide bonds. The third-order valence-electron chi connectivity index (χ3n) is 1.44. The molecule has 0 saturated carbocycles. The van der Waals surface area contributed by atoms with Crippen LogP contribution in [0.5, 0.6) is 0 Å². The SMILES string of the molecule is Cn1nc(CN=C(N)N)ccc1=O. The number of hydrogen-bond donors (Lipinski definition) is 2. The molecule has 0 unspecified atom stereocenters. The molecule has 13 heavy (non-hydrogen) atoms. The van der Waals surface area contributed by atoms with Gasteiger partial charge in [0.2, 0.25) is 0 Å². The van der Waals surface area contributed by atoms with E-state index in [2.05, 4.69) is 10.1 Å². The van der Waals surface area contributed by atoms with Crippen LogP contribution in [0.2, 0.25) is 0 Å². The topological polar surface area (TPSA) is 99.3 Å². The van der Waals surface area contributed by atoms with Crippen LogP contribution in [-0.2, 0) is 13.6 Å². The van der Waals surface area contributed by atoms with Crippen molar-refractivity contribution in [3.63, 3.8) is 0 Å². The Bertz CT molecular complexity index is 377. The Morgan fingerprint density at radius 3 is 2.85 bits per heavy atom. The van der Waals surface area contributed by atoms with Gasteiger partial charge in [0, 0.05) is 13.1 Å². The van der Waals surface area contributed by atoms with Crippen LogP contribution >= 0.6 is 0 Å². The lowest BCUT2D eigenvalue weighted by atomic mass is 10.4. The maximum Gasteiger partial charge on any atom is 0.266 e. The predicted octanol–water partition coefficient (Wildman–Crippen LogP) is -1.45. The highest BCUT2D eigenvalue weighted by Gasteiger charge is 1.95. The van der Waals surface area contributed by atoms with Gasteiger partial charge in [-0.3, -0.25) is 4.79 Å². The minimum atomic E-state index is -0.159. The van der Waals surface area contributed by atoms with E-state index in [1.807, 2.05) is 0 Å². The third kappa shape index (κ3) is 2.58. The summed E-state index contributed by atoms with van der Waals surface area (Å²) in [6.45, 7) is 0.288. The van der Waals surface area contributed by atoms with Gasteiger partial charge in [-0.1, -0.05) is 0 Å². The molecule has 0 fully saturated rings. The normalized spacial score (nSPS) is 9.62. The Balaban J connectivity index is 2.86. The summed E-state index contributed by atoms with van der Waals surface area (Å²) in [5.74, 6) is 0.00986. The first-order valence-electron chi connectivity index (χ1n) is 3.68. The standard InChI is InChI=1S/C7H11N5O/c1-12-6(13)3-2-5(11-12)4-10-7(8)9/h2-3H,4H2,1H3,(H4,8,9,10). The molecule has 4 N–H and O–H groups in total. The average molecular weight is 181 g/mol. The van der Waals surface area contributed by atoms with E-state index in [0.717, 1.165) is 0 Å². The highest BCUT2D eigenvalue weighted by Crippen LogP contribution is 1.91. The first-order valence-corrected chi connectivity index (χ1v) is 3.68. The molecular weight excluding hydrogens is 170 g/mol. The van der Waals surface area contributed by atoms with Crippen LogP contribution in [0.1, 0.15) is 5.69 Å². The lowest BCUT2D eigenvalue weighted by Crippen LogP contribution is -2.23. The van der Waals surface area contributed by atoms with Crippen molar-refractivity contribution >= 4 is 5.96 Å². The van der Waals surface area contributed by atoms with E-state index in [-0.39, 0.29) is 18.1 Å². The molecule has 0 radical (unpaired) electrons. The first kappa shape index (κ1) is 9.24. The number of nitrogens with two attached hydrogens (primary N) is 2. The van der Waals surface area contributed by atoms with E-state index < -0.39 is 0 Å². The molecule has 6 nitrogen and oxygen atoms in total. The fraction of sp³-hybridized carbons (Fsp3) is 0.286. The minimum Gasteiger partial charge on any atom is -0.370 e. The molecule has 1 aromatic heterocycles. The molecule has 1 aromatic rings. The third-order valence-corrected chi connectivity index (χ3v) is 1.44. The van der Waals surface area contributed by atoms with Gasteiger partial charge >= 0.3 is 0 Å². The number of nitrogens with zero attached hydrogens (tertiary/aromatic N) is 3. The first-order chi connectivity index (χ1) is 6.09. The van der Waals surface area contributed by atoms with Crippen molar-refractivity contribution in [2.75, 3.05) is 0 Å². The highest BCUT2D eigenvalue weighted by molar-refractivity contribution is 5.75. The van der Waals surface area contributed by atoms with E-state index in [0.29, 0.717) is 5.69 Å². The summed E-state index contributed by atoms with van der Waals surface area (Å²) < 4.78 is 1.23. The van der Waals surface area contributed by atoms with Crippen molar-refractivity contribution < 1.29 is 0 Å². The zero-order valence-corrected chi connectivity index (χ0v) is 7.27. The van der Waals surface area contributed by atoms with Crippen molar-refractivity contribution in [2.24, 2.45) is 23.5 Å². The summed E-state index contributed by atoms with van der Waals surface area (Å²) >= 11 is 0. The van der Waals surface area contributed by atoms with E-state index >= 15 is 0 Å². The van der Waals surface area contributed by atoms with Crippen LogP contribution in [0.4, 0.5) is 0 Å². The van der Waals surface area contributed by atoms with Crippen molar-refractivity contribution in [1.82, 2.24) is 9.78 Å². The van der Waals surface area contributed by atoms with Crippen molar-refractivity contribution in [3.05, 3.63) is 28.2 Å². The Morgan fingerprint density at radius 2 is 2.31 bits per heavy atom. The highest BCUT2D eigenvalue weighted by atomic mass is 16.1. The van der Waals surface area contributed by atoms with Crippen LogP contribution in [0, 0.1) is 0 Å². The van der Waals surface area contributed by atoms with Gasteiger partial charge in [0.05, 0.1) is 12.2 Å². The van der Waals surface area contributed by atoms with Crippen LogP contribution in [0.15, 0.2) is 21.9 Å². The predicted molar refractivity (Wildman–Crippen MR) is 49.0 cm³/mol. The van der Waals surface area contributed by atoms with Gasteiger partial charge in [0.15, 0.2) is 5.96 Å². The molecule has 0 aromatic carbocycles. The Labute approximate surface area is 74.9 Å². The fourth-order valence-corrected chi connectivity index (χ4v) is 0.807. The van der Waals surface area contributed by atoms with Gasteiger partial charge in [-0.25, -0.2) is 9.67 Å². The molecule has 0 bridgehead atoms. The zero-order valence-electron chi connectivity index (χ0n) is 7.27. The molecule has 1 rings (SSSR count). The van der Waals surface area contributed by atoms with Crippen LogP contribution in [-0.4, -0.2) is 15.7 Å². The van der Waals surface area contributed by atoms with Crippen molar-refractivity contribution in [1.29, 1.82) is 0 Å². The summed E-state index contributed by atoms with van der Waals surface area (Å²) in [5.41, 5.74) is 10.8. The summed E-state index contributed by atoms with van der Waals surface area (Å²) in [5, 5.41) is 3.93. The molecule has 0 spiro atoms. The summed E-state index contributed by atoms with van der Waals surface area (Å²) in [4.78, 5) is 14.7. The second-order valence-electron chi connectivity index (χ2n) is 2.53. The van der Waals surface area contributed by atoms with Gasteiger partial charge in [-0.05, 0) is 6.07 Å². The van der Waals surface area contributed by atoms with Gasteiger partial charge in [-0.15, -0.1) is 0 Å². The lowest BCUT2D eigenvalue weighted by molar-refractivity contribution is 0.678. The molecule has 0 aliphatic carbocycles. The molecule has 0 aliphatic heterocycles. The van der Waals surface area contributed by atoms with Crippen LogP contribution in [0.3, 0.4) is 0 Å². The second-order valence-corrected chi connectivity index (χ2v) is 2.53. The van der Waals surface area contributed by atoms with E-state index in [9.17, 15) is 4.79 Å². The number of aliphatic imine (C=N–C) groups is 1. The van der Waals surface area contributed by atoms with Gasteiger partial charge in [-0.2, -0.15) is 5.10 Å². The summed E-state index contributed by atoms with van der Waals surface area (Å²) in [6, 6.07) is 3.01. The van der Waals surface area contributed by atoms with Gasteiger partial charge < -0.3 is 11.5 Å². The van der Waals surface area contributed by atoms with E-state index in [4.69, 9.17) is 11.5 Å². The Morgan fingerprint density at radius 1 is 1.62 bits per heavy atom. The fourth-order valence-electron chi connectivity index (χ4n) is 0.807. The van der Waals surface area contributed by atoms with Crippen molar-refractivity contribution in [2.45, 2.75) is 6.54 Å². The Kier molecular flexibility index (Phi) is 2.63. The molecule has 70 valence electrons. The molecule has 0 aliphatic rings.